The van der Waals surface area contributed by atoms with E-state index in [1.54, 1.807) is 0 Å². The highest BCUT2D eigenvalue weighted by Gasteiger charge is 2.38. The number of fused-ring (bicyclic) bond motifs is 8. The second-order valence-corrected chi connectivity index (χ2v) is 12.7. The zero-order valence-electron chi connectivity index (χ0n) is 17.2. The summed E-state index contributed by atoms with van der Waals surface area (Å²) in [5.74, 6) is 6.82. The van der Waals surface area contributed by atoms with Crippen LogP contribution in [0.1, 0.15) is 0 Å². The van der Waals surface area contributed by atoms with Crippen LogP contribution in [0.3, 0.4) is 0 Å². The first-order chi connectivity index (χ1) is 15.7. The first kappa shape index (κ1) is 18.2. The van der Waals surface area contributed by atoms with Gasteiger partial charge in [0.25, 0.3) is 0 Å². The van der Waals surface area contributed by atoms with Gasteiger partial charge >= 0.3 is 0 Å². The minimum atomic E-state index is -2.15. The van der Waals surface area contributed by atoms with Crippen LogP contribution in [0, 0.1) is 0 Å². The van der Waals surface area contributed by atoms with Gasteiger partial charge in [-0.1, -0.05) is 103 Å². The van der Waals surface area contributed by atoms with Gasteiger partial charge < -0.3 is 5.84 Å². The predicted octanol–water partition coefficient (Wildman–Crippen LogP) is 5.40. The third-order valence-electron chi connectivity index (χ3n) is 6.78. The standard InChI is InChI=1S/C28H19N2PS/c29-30-24-17-19-9-5-4-8-18(19)16-23(24)21-14-15-26-27(28(21)30)22-12-6-7-13-25(22)31(26,32)20-10-2-1-3-11-20/h1-17H,29H2. The quantitative estimate of drug-likeness (QED) is 0.271. The SMILES string of the molecule is Nn1c2cc3ccccc3cc2c2ccc3c(c21)-c1ccccc1P3(=S)c1ccccc1. The van der Waals surface area contributed by atoms with Gasteiger partial charge in [0.2, 0.25) is 0 Å². The van der Waals surface area contributed by atoms with Gasteiger partial charge in [0.1, 0.15) is 0 Å². The highest BCUT2D eigenvalue weighted by molar-refractivity contribution is 8.26. The Kier molecular flexibility index (Phi) is 3.60. The van der Waals surface area contributed by atoms with Crippen LogP contribution in [0.15, 0.2) is 103 Å². The van der Waals surface area contributed by atoms with Crippen LogP contribution in [-0.2, 0) is 11.8 Å². The number of rotatable bonds is 1. The van der Waals surface area contributed by atoms with E-state index in [4.69, 9.17) is 17.6 Å². The average Bonchev–Trinajstić information content (AvgIpc) is 3.28. The number of benzene rings is 5. The van der Waals surface area contributed by atoms with E-state index in [0.29, 0.717) is 0 Å². The summed E-state index contributed by atoms with van der Waals surface area (Å²) in [6.45, 7) is 0. The smallest absolute Gasteiger partial charge is 0.0789 e. The van der Waals surface area contributed by atoms with E-state index in [1.165, 1.54) is 48.6 Å². The monoisotopic (exact) mass is 446 g/mol. The molecule has 2 nitrogen and oxygen atoms in total. The Bertz CT molecular complexity index is 1770. The molecule has 0 saturated carbocycles. The highest BCUT2D eigenvalue weighted by Crippen LogP contribution is 2.54. The average molecular weight is 447 g/mol. The first-order valence-corrected chi connectivity index (χ1v) is 13.5. The molecule has 0 saturated heterocycles. The van der Waals surface area contributed by atoms with Crippen molar-refractivity contribution in [3.8, 4) is 11.1 Å². The fourth-order valence-corrected chi connectivity index (χ4v) is 9.70. The molecule has 32 heavy (non-hydrogen) atoms. The van der Waals surface area contributed by atoms with Gasteiger partial charge in [-0.25, -0.2) is 0 Å². The fourth-order valence-electron chi connectivity index (χ4n) is 5.35. The first-order valence-electron chi connectivity index (χ1n) is 10.7. The van der Waals surface area contributed by atoms with Crippen molar-refractivity contribution >= 4 is 66.3 Å². The molecule has 1 aliphatic heterocycles. The third-order valence-corrected chi connectivity index (χ3v) is 11.7. The van der Waals surface area contributed by atoms with Crippen LogP contribution in [-0.4, -0.2) is 4.68 Å². The van der Waals surface area contributed by atoms with Crippen molar-refractivity contribution in [3.05, 3.63) is 103 Å². The van der Waals surface area contributed by atoms with Crippen LogP contribution in [0.5, 0.6) is 0 Å². The van der Waals surface area contributed by atoms with Crippen molar-refractivity contribution in [1.29, 1.82) is 0 Å². The summed E-state index contributed by atoms with van der Waals surface area (Å²) in [6, 6.07) is 34.5. The van der Waals surface area contributed by atoms with Crippen LogP contribution in [0.4, 0.5) is 0 Å². The second-order valence-electron chi connectivity index (χ2n) is 8.40. The maximum Gasteiger partial charge on any atom is 0.0789 e. The van der Waals surface area contributed by atoms with Crippen molar-refractivity contribution in [1.82, 2.24) is 4.68 Å². The summed E-state index contributed by atoms with van der Waals surface area (Å²) in [4.78, 5) is 0. The lowest BCUT2D eigenvalue weighted by Crippen LogP contribution is -2.20. The Morgan fingerprint density at radius 2 is 1.34 bits per heavy atom. The summed E-state index contributed by atoms with van der Waals surface area (Å²) in [5.41, 5.74) is 4.54. The lowest BCUT2D eigenvalue weighted by atomic mass is 10.0. The summed E-state index contributed by atoms with van der Waals surface area (Å²) in [5, 5.41) is 8.51. The maximum absolute atomic E-state index is 6.82. The molecule has 2 heterocycles. The molecule has 0 aliphatic carbocycles. The van der Waals surface area contributed by atoms with E-state index in [2.05, 4.69) is 103 Å². The van der Waals surface area contributed by atoms with E-state index in [-0.39, 0.29) is 0 Å². The van der Waals surface area contributed by atoms with Gasteiger partial charge in [0.15, 0.2) is 0 Å². The van der Waals surface area contributed by atoms with Crippen LogP contribution < -0.4 is 21.8 Å². The minimum absolute atomic E-state index is 1.05. The number of nitrogen functional groups attached to an aromatic ring is 1. The number of hydrogen-bond donors (Lipinski definition) is 1. The highest BCUT2D eigenvalue weighted by atomic mass is 32.4. The van der Waals surface area contributed by atoms with E-state index >= 15 is 0 Å². The van der Waals surface area contributed by atoms with E-state index in [0.717, 1.165) is 11.0 Å². The zero-order chi connectivity index (χ0) is 21.4. The van der Waals surface area contributed by atoms with Gasteiger partial charge in [0.05, 0.1) is 11.0 Å². The fraction of sp³-hybridized carbons (Fsp3) is 0. The lowest BCUT2D eigenvalue weighted by molar-refractivity contribution is 1.12. The van der Waals surface area contributed by atoms with Crippen LogP contribution in [0.25, 0.3) is 43.7 Å². The molecule has 1 aliphatic rings. The molecule has 1 unspecified atom stereocenters. The number of nitrogens with zero attached hydrogens (tertiary/aromatic N) is 1. The number of nitrogens with two attached hydrogens (primary N) is 1. The predicted molar refractivity (Wildman–Crippen MR) is 142 cm³/mol. The Hall–Kier alpha value is -3.39. The summed E-state index contributed by atoms with van der Waals surface area (Å²) in [7, 11) is 0. The molecule has 2 N–H and O–H groups in total. The normalized spacial score (nSPS) is 17.1. The third kappa shape index (κ3) is 2.17. The Balaban J connectivity index is 1.67. The molecule has 152 valence electrons. The van der Waals surface area contributed by atoms with Gasteiger partial charge in [-0.2, -0.15) is 0 Å². The van der Waals surface area contributed by atoms with Crippen LogP contribution in [0.2, 0.25) is 0 Å². The largest absolute Gasteiger partial charge is 0.339 e. The zero-order valence-corrected chi connectivity index (χ0v) is 18.9. The maximum atomic E-state index is 6.82. The van der Waals surface area contributed by atoms with Crippen molar-refractivity contribution in [2.45, 2.75) is 0 Å². The molecule has 0 fully saturated rings. The second kappa shape index (κ2) is 6.32. The van der Waals surface area contributed by atoms with Gasteiger partial charge in [-0.15, -0.1) is 0 Å². The molecule has 6 aromatic rings. The molecule has 0 radical (unpaired) electrons. The van der Waals surface area contributed by atoms with E-state index in [1.807, 2.05) is 4.68 Å². The molecular formula is C28H19N2PS. The van der Waals surface area contributed by atoms with Crippen molar-refractivity contribution < 1.29 is 0 Å². The summed E-state index contributed by atoms with van der Waals surface area (Å²) in [6.07, 6.45) is 0. The molecule has 4 heteroatoms. The van der Waals surface area contributed by atoms with Crippen molar-refractivity contribution in [2.75, 3.05) is 5.84 Å². The van der Waals surface area contributed by atoms with Crippen molar-refractivity contribution in [3.63, 3.8) is 0 Å². The molecule has 5 aromatic carbocycles. The lowest BCUT2D eigenvalue weighted by Gasteiger charge is -2.19. The molecule has 0 amide bonds. The molecule has 7 rings (SSSR count). The summed E-state index contributed by atoms with van der Waals surface area (Å²) >= 11 is 6.56. The molecule has 0 bridgehead atoms. The van der Waals surface area contributed by atoms with Gasteiger partial charge in [-0.3, -0.25) is 4.68 Å². The van der Waals surface area contributed by atoms with E-state index < -0.39 is 6.04 Å². The van der Waals surface area contributed by atoms with Crippen LogP contribution >= 0.6 is 6.04 Å². The number of aromatic nitrogens is 1. The van der Waals surface area contributed by atoms with Gasteiger partial charge in [0, 0.05) is 33.0 Å². The Morgan fingerprint density at radius 1 is 0.656 bits per heavy atom. The van der Waals surface area contributed by atoms with Crippen molar-refractivity contribution in [2.24, 2.45) is 0 Å². The van der Waals surface area contributed by atoms with Gasteiger partial charge in [-0.05, 0) is 33.8 Å². The minimum Gasteiger partial charge on any atom is -0.339 e. The molecule has 0 spiro atoms. The number of hydrogen-bond acceptors (Lipinski definition) is 2. The Morgan fingerprint density at radius 3 is 2.16 bits per heavy atom. The Labute approximate surface area is 190 Å². The van der Waals surface area contributed by atoms with E-state index in [9.17, 15) is 0 Å². The summed E-state index contributed by atoms with van der Waals surface area (Å²) < 4.78 is 1.88. The molecular weight excluding hydrogens is 427 g/mol. The molecule has 1 atom stereocenters. The topological polar surface area (TPSA) is 30.9 Å². The molecule has 1 aromatic heterocycles.